The highest BCUT2D eigenvalue weighted by Gasteiger charge is 2.46. The lowest BCUT2D eigenvalue weighted by molar-refractivity contribution is -0.141. The molecule has 1 saturated heterocycles. The van der Waals surface area contributed by atoms with E-state index in [0.29, 0.717) is 13.1 Å². The number of nitrogens with zero attached hydrogens (tertiary/aromatic N) is 2. The number of carbonyl (C=O) groups excluding carboxylic acids is 4. The van der Waals surface area contributed by atoms with Gasteiger partial charge in [0.15, 0.2) is 0 Å². The predicted octanol–water partition coefficient (Wildman–Crippen LogP) is 3.49. The summed E-state index contributed by atoms with van der Waals surface area (Å²) >= 11 is 0. The van der Waals surface area contributed by atoms with Gasteiger partial charge >= 0.3 is 12.2 Å². The molecule has 0 spiro atoms. The number of aryl methyl sites for hydroxylation is 1. The Morgan fingerprint density at radius 3 is 2.51 bits per heavy atom. The normalized spacial score (nSPS) is 26.5. The van der Waals surface area contributed by atoms with Crippen LogP contribution < -0.4 is 11.1 Å². The third kappa shape index (κ3) is 6.65. The van der Waals surface area contributed by atoms with Crippen LogP contribution in [0, 0.1) is 10.8 Å². The largest absolute Gasteiger partial charge is 0.449 e. The molecule has 4 rings (SSSR count). The lowest BCUT2D eigenvalue weighted by atomic mass is 9.85. The zero-order valence-electron chi connectivity index (χ0n) is 23.7. The molecule has 1 fully saturated rings. The summed E-state index contributed by atoms with van der Waals surface area (Å²) in [6, 6.07) is 4.26. The molecule has 1 aromatic rings. The van der Waals surface area contributed by atoms with Gasteiger partial charge in [-0.05, 0) is 46.8 Å². The number of cyclic esters (lactones) is 1. The van der Waals surface area contributed by atoms with Gasteiger partial charge in [-0.25, -0.2) is 9.59 Å². The molecule has 0 aromatic heterocycles. The SMILES string of the molecule is CC1(C)CCCCc2cccc3c2CN(C3)C(=O)O[C@@H]2C[C@@H](C(N)=O)N(C2)C(=O)[C@H](C(C)(C)C)NC(=O)OC1. The predicted molar refractivity (Wildman–Crippen MR) is 144 cm³/mol. The average molecular weight is 543 g/mol. The van der Waals surface area contributed by atoms with Crippen molar-refractivity contribution in [1.82, 2.24) is 15.1 Å². The van der Waals surface area contributed by atoms with Crippen molar-refractivity contribution in [3.63, 3.8) is 0 Å². The van der Waals surface area contributed by atoms with Crippen LogP contribution in [0.25, 0.3) is 0 Å². The number of amides is 4. The summed E-state index contributed by atoms with van der Waals surface area (Å²) in [5.41, 5.74) is 8.24. The molecule has 10 heteroatoms. The molecular weight excluding hydrogens is 500 g/mol. The van der Waals surface area contributed by atoms with Crippen LogP contribution in [0.2, 0.25) is 0 Å². The number of hydrogen-bond donors (Lipinski definition) is 2. The van der Waals surface area contributed by atoms with Crippen LogP contribution in [0.3, 0.4) is 0 Å². The summed E-state index contributed by atoms with van der Waals surface area (Å²) in [6.45, 7) is 10.7. The van der Waals surface area contributed by atoms with Crippen molar-refractivity contribution in [1.29, 1.82) is 0 Å². The number of primary amides is 1. The van der Waals surface area contributed by atoms with E-state index < -0.39 is 47.6 Å². The summed E-state index contributed by atoms with van der Waals surface area (Å²) in [5.74, 6) is -1.15. The van der Waals surface area contributed by atoms with Crippen LogP contribution in [0.15, 0.2) is 18.2 Å². The molecule has 39 heavy (non-hydrogen) atoms. The van der Waals surface area contributed by atoms with E-state index in [1.807, 2.05) is 32.9 Å². The molecule has 3 N–H and O–H groups in total. The number of carbonyl (C=O) groups is 4. The molecule has 10 nitrogen and oxygen atoms in total. The lowest BCUT2D eigenvalue weighted by Crippen LogP contribution is -2.57. The fraction of sp³-hybridized carbons (Fsp3) is 0.655. The first-order valence-electron chi connectivity index (χ1n) is 13.8. The van der Waals surface area contributed by atoms with Gasteiger partial charge in [0.05, 0.1) is 13.2 Å². The van der Waals surface area contributed by atoms with Crippen molar-refractivity contribution in [3.05, 3.63) is 34.9 Å². The third-order valence-corrected chi connectivity index (χ3v) is 8.00. The third-order valence-electron chi connectivity index (χ3n) is 8.00. The van der Waals surface area contributed by atoms with Gasteiger partial charge in [-0.15, -0.1) is 0 Å². The number of ether oxygens (including phenoxy) is 2. The smallest absolute Gasteiger partial charge is 0.410 e. The van der Waals surface area contributed by atoms with E-state index in [1.54, 1.807) is 4.90 Å². The molecule has 0 radical (unpaired) electrons. The van der Waals surface area contributed by atoms with Gasteiger partial charge in [-0.2, -0.15) is 0 Å². The van der Waals surface area contributed by atoms with Gasteiger partial charge in [0.2, 0.25) is 11.8 Å². The fourth-order valence-corrected chi connectivity index (χ4v) is 5.69. The van der Waals surface area contributed by atoms with Crippen molar-refractivity contribution >= 4 is 24.0 Å². The van der Waals surface area contributed by atoms with Crippen LogP contribution in [-0.4, -0.2) is 65.1 Å². The van der Waals surface area contributed by atoms with Crippen molar-refractivity contribution in [3.8, 4) is 0 Å². The minimum absolute atomic E-state index is 0.0144. The summed E-state index contributed by atoms with van der Waals surface area (Å²) in [4.78, 5) is 55.0. The standard InChI is InChI=1S/C29H42N4O6/c1-28(2,3)23-25(35)33-15-20(13-22(33)24(30)34)39-27(37)32-14-19-11-8-10-18(21(19)16-32)9-6-7-12-29(4,5)17-38-26(36)31-23/h8,10-11,20,22-23H,6-7,9,12-17H2,1-5H3,(H2,30,34)(H,31,36)/t20-,22+,23-/m1/s1. The van der Waals surface area contributed by atoms with Gasteiger partial charge in [0, 0.05) is 19.5 Å². The van der Waals surface area contributed by atoms with E-state index in [0.717, 1.165) is 36.8 Å². The van der Waals surface area contributed by atoms with Crippen molar-refractivity contribution in [2.45, 2.75) is 98.0 Å². The van der Waals surface area contributed by atoms with Crippen LogP contribution in [0.4, 0.5) is 9.59 Å². The summed E-state index contributed by atoms with van der Waals surface area (Å²) in [6.07, 6.45) is 1.94. The maximum atomic E-state index is 13.7. The van der Waals surface area contributed by atoms with Crippen LogP contribution in [0.1, 0.15) is 77.0 Å². The van der Waals surface area contributed by atoms with E-state index in [9.17, 15) is 19.2 Å². The summed E-state index contributed by atoms with van der Waals surface area (Å²) in [7, 11) is 0. The van der Waals surface area contributed by atoms with Crippen molar-refractivity contribution in [2.75, 3.05) is 13.2 Å². The average Bonchev–Trinajstić information content (AvgIpc) is 3.47. The molecule has 4 amide bonds. The maximum Gasteiger partial charge on any atom is 0.410 e. The molecule has 3 aliphatic heterocycles. The van der Waals surface area contributed by atoms with Gasteiger partial charge in [0.25, 0.3) is 0 Å². The first-order valence-corrected chi connectivity index (χ1v) is 13.8. The van der Waals surface area contributed by atoms with E-state index in [1.165, 1.54) is 10.5 Å². The number of benzene rings is 1. The Morgan fingerprint density at radius 2 is 1.82 bits per heavy atom. The van der Waals surface area contributed by atoms with Gasteiger partial charge in [-0.3, -0.25) is 14.5 Å². The first kappa shape index (κ1) is 28.7. The van der Waals surface area contributed by atoms with Crippen LogP contribution in [-0.2, 0) is 38.6 Å². The molecular formula is C29H42N4O6. The lowest BCUT2D eigenvalue weighted by Gasteiger charge is -2.35. The zero-order chi connectivity index (χ0) is 28.5. The highest BCUT2D eigenvalue weighted by molar-refractivity contribution is 5.92. The minimum Gasteiger partial charge on any atom is -0.449 e. The maximum absolute atomic E-state index is 13.7. The second-order valence-electron chi connectivity index (χ2n) is 13.0. The van der Waals surface area contributed by atoms with Gasteiger partial charge in [-0.1, -0.05) is 59.2 Å². The first-order chi connectivity index (χ1) is 18.2. The molecule has 3 atom stereocenters. The van der Waals surface area contributed by atoms with E-state index in [-0.39, 0.29) is 25.0 Å². The number of nitrogens with two attached hydrogens (primary N) is 1. The molecule has 1 aromatic carbocycles. The van der Waals surface area contributed by atoms with Crippen LogP contribution >= 0.6 is 0 Å². The molecule has 0 saturated carbocycles. The second kappa shape index (κ2) is 11.1. The molecule has 0 aliphatic carbocycles. The number of nitrogens with one attached hydrogen (secondary N) is 1. The number of hydrogen-bond acceptors (Lipinski definition) is 6. The monoisotopic (exact) mass is 542 g/mol. The van der Waals surface area contributed by atoms with Crippen LogP contribution in [0.5, 0.6) is 0 Å². The Bertz CT molecular complexity index is 1130. The molecule has 0 unspecified atom stereocenters. The summed E-state index contributed by atoms with van der Waals surface area (Å²) in [5, 5.41) is 2.72. The highest BCUT2D eigenvalue weighted by Crippen LogP contribution is 2.31. The number of rotatable bonds is 1. The molecule has 4 bridgehead atoms. The van der Waals surface area contributed by atoms with Crippen molar-refractivity contribution in [2.24, 2.45) is 16.6 Å². The highest BCUT2D eigenvalue weighted by atomic mass is 16.6. The Hall–Kier alpha value is -3.30. The Morgan fingerprint density at radius 1 is 1.10 bits per heavy atom. The molecule has 214 valence electrons. The molecule has 3 aliphatic rings. The van der Waals surface area contributed by atoms with Gasteiger partial charge < -0.3 is 25.4 Å². The van der Waals surface area contributed by atoms with E-state index in [2.05, 4.69) is 25.2 Å². The topological polar surface area (TPSA) is 131 Å². The van der Waals surface area contributed by atoms with E-state index in [4.69, 9.17) is 15.2 Å². The Kier molecular flexibility index (Phi) is 8.14. The minimum atomic E-state index is -0.971. The second-order valence-corrected chi connectivity index (χ2v) is 13.0. The summed E-state index contributed by atoms with van der Waals surface area (Å²) < 4.78 is 11.4. The quantitative estimate of drug-likeness (QED) is 0.559. The van der Waals surface area contributed by atoms with Crippen molar-refractivity contribution < 1.29 is 28.7 Å². The zero-order valence-corrected chi connectivity index (χ0v) is 23.7. The number of alkyl carbamates (subject to hydrolysis) is 1. The fourth-order valence-electron chi connectivity index (χ4n) is 5.69. The Balaban J connectivity index is 1.61. The Labute approximate surface area is 230 Å². The van der Waals surface area contributed by atoms with E-state index >= 15 is 0 Å². The number of fused-ring (bicyclic) bond motifs is 3. The van der Waals surface area contributed by atoms with Gasteiger partial charge in [0.1, 0.15) is 18.2 Å². The molecule has 3 heterocycles.